The van der Waals surface area contributed by atoms with Crippen LogP contribution in [0.5, 0.6) is 0 Å². The molecule has 1 aromatic heterocycles. The van der Waals surface area contributed by atoms with E-state index in [0.717, 1.165) is 11.8 Å². The van der Waals surface area contributed by atoms with Crippen molar-refractivity contribution in [2.45, 2.75) is 13.1 Å². The lowest BCUT2D eigenvalue weighted by atomic mass is 10.1. The Bertz CT molecular complexity index is 999. The second kappa shape index (κ2) is 8.09. The number of carbonyl (C=O) groups is 1. The summed E-state index contributed by atoms with van der Waals surface area (Å²) in [7, 11) is -3.60. The average molecular weight is 384 g/mol. The molecule has 3 aromatic rings. The van der Waals surface area contributed by atoms with E-state index < -0.39 is 10.0 Å². The van der Waals surface area contributed by atoms with Crippen LogP contribution >= 0.6 is 0 Å². The summed E-state index contributed by atoms with van der Waals surface area (Å²) in [5.41, 5.74) is 1.44. The average Bonchev–Trinajstić information content (AvgIpc) is 3.18. The predicted octanol–water partition coefficient (Wildman–Crippen LogP) is 3.18. The number of para-hydroxylation sites is 1. The van der Waals surface area contributed by atoms with Gasteiger partial charge in [-0.1, -0.05) is 42.5 Å². The van der Waals surface area contributed by atoms with E-state index in [9.17, 15) is 13.2 Å². The number of furan rings is 1. The first-order valence-electron chi connectivity index (χ1n) is 8.36. The summed E-state index contributed by atoms with van der Waals surface area (Å²) in [6.07, 6.45) is 2.66. The standard InChI is InChI=1S/C20H20N2O4S/c1-27(24,25)22(15-16-8-3-2-4-9-16)19-12-6-5-11-18(19)20(23)21-14-17-10-7-13-26-17/h2-13H,14-15H2,1H3,(H,21,23). The quantitative estimate of drug-likeness (QED) is 0.678. The monoisotopic (exact) mass is 384 g/mol. The number of amides is 1. The van der Waals surface area contributed by atoms with Gasteiger partial charge in [0.2, 0.25) is 10.0 Å². The highest BCUT2D eigenvalue weighted by Crippen LogP contribution is 2.25. The van der Waals surface area contributed by atoms with E-state index in [4.69, 9.17) is 4.42 Å². The van der Waals surface area contributed by atoms with Crippen LogP contribution in [0.1, 0.15) is 21.7 Å². The van der Waals surface area contributed by atoms with E-state index in [-0.39, 0.29) is 24.6 Å². The summed E-state index contributed by atoms with van der Waals surface area (Å²) in [4.78, 5) is 12.7. The first-order chi connectivity index (χ1) is 12.9. The molecule has 0 aliphatic rings. The van der Waals surface area contributed by atoms with E-state index in [1.54, 1.807) is 36.4 Å². The number of rotatable bonds is 7. The van der Waals surface area contributed by atoms with Gasteiger partial charge in [-0.2, -0.15) is 0 Å². The summed E-state index contributed by atoms with van der Waals surface area (Å²) in [5, 5.41) is 2.76. The van der Waals surface area contributed by atoms with Crippen LogP contribution in [0.2, 0.25) is 0 Å². The van der Waals surface area contributed by atoms with Crippen molar-refractivity contribution in [2.24, 2.45) is 0 Å². The van der Waals surface area contributed by atoms with Crippen LogP contribution in [0, 0.1) is 0 Å². The molecule has 1 N–H and O–H groups in total. The minimum atomic E-state index is -3.60. The molecule has 140 valence electrons. The van der Waals surface area contributed by atoms with Crippen LogP contribution < -0.4 is 9.62 Å². The van der Waals surface area contributed by atoms with Crippen molar-refractivity contribution < 1.29 is 17.6 Å². The number of nitrogens with zero attached hydrogens (tertiary/aromatic N) is 1. The van der Waals surface area contributed by atoms with E-state index in [1.807, 2.05) is 30.3 Å². The third-order valence-corrected chi connectivity index (χ3v) is 5.12. The lowest BCUT2D eigenvalue weighted by molar-refractivity contribution is 0.0948. The van der Waals surface area contributed by atoms with Crippen LogP contribution in [0.4, 0.5) is 5.69 Å². The number of hydrogen-bond donors (Lipinski definition) is 1. The molecule has 0 saturated carbocycles. The van der Waals surface area contributed by atoms with Crippen LogP contribution in [0.3, 0.4) is 0 Å². The first-order valence-corrected chi connectivity index (χ1v) is 10.2. The molecular formula is C20H20N2O4S. The summed E-state index contributed by atoms with van der Waals surface area (Å²) in [6, 6.07) is 19.4. The normalized spacial score (nSPS) is 11.1. The number of nitrogens with one attached hydrogen (secondary N) is 1. The number of benzene rings is 2. The Labute approximate surface area is 158 Å². The smallest absolute Gasteiger partial charge is 0.253 e. The maximum atomic E-state index is 12.7. The fourth-order valence-electron chi connectivity index (χ4n) is 2.69. The van der Waals surface area contributed by atoms with Gasteiger partial charge < -0.3 is 9.73 Å². The molecule has 0 unspecified atom stereocenters. The van der Waals surface area contributed by atoms with Gasteiger partial charge in [-0.05, 0) is 29.8 Å². The Balaban J connectivity index is 1.90. The third kappa shape index (κ3) is 4.77. The second-order valence-electron chi connectivity index (χ2n) is 6.03. The summed E-state index contributed by atoms with van der Waals surface area (Å²) < 4.78 is 31.3. The van der Waals surface area contributed by atoms with Gasteiger partial charge in [0.15, 0.2) is 0 Å². The molecule has 27 heavy (non-hydrogen) atoms. The van der Waals surface area contributed by atoms with Gasteiger partial charge in [-0.25, -0.2) is 8.42 Å². The Morgan fingerprint density at radius 1 is 1.00 bits per heavy atom. The number of sulfonamides is 1. The maximum absolute atomic E-state index is 12.7. The van der Waals surface area contributed by atoms with Crippen molar-refractivity contribution in [1.82, 2.24) is 5.32 Å². The molecule has 0 aliphatic heterocycles. The largest absolute Gasteiger partial charge is 0.467 e. The number of hydrogen-bond acceptors (Lipinski definition) is 4. The molecule has 0 bridgehead atoms. The van der Waals surface area contributed by atoms with Gasteiger partial charge in [-0.15, -0.1) is 0 Å². The Kier molecular flexibility index (Phi) is 5.61. The van der Waals surface area contributed by atoms with Crippen LogP contribution in [0.25, 0.3) is 0 Å². The van der Waals surface area contributed by atoms with Crippen molar-refractivity contribution in [1.29, 1.82) is 0 Å². The first kappa shape index (κ1) is 18.7. The zero-order valence-electron chi connectivity index (χ0n) is 14.8. The number of anilines is 1. The number of carbonyl (C=O) groups excluding carboxylic acids is 1. The van der Waals surface area contributed by atoms with Gasteiger partial charge >= 0.3 is 0 Å². The van der Waals surface area contributed by atoms with E-state index in [1.165, 1.54) is 10.6 Å². The van der Waals surface area contributed by atoms with Gasteiger partial charge in [-0.3, -0.25) is 9.10 Å². The molecule has 1 amide bonds. The molecule has 6 nitrogen and oxygen atoms in total. The summed E-state index contributed by atoms with van der Waals surface area (Å²) in [6.45, 7) is 0.361. The van der Waals surface area contributed by atoms with E-state index in [2.05, 4.69) is 5.32 Å². The lowest BCUT2D eigenvalue weighted by Gasteiger charge is -2.24. The Hall–Kier alpha value is -3.06. The summed E-state index contributed by atoms with van der Waals surface area (Å²) in [5.74, 6) is 0.244. The zero-order chi connectivity index (χ0) is 19.3. The fraction of sp³-hybridized carbons (Fsp3) is 0.150. The molecule has 7 heteroatoms. The molecule has 0 radical (unpaired) electrons. The summed E-state index contributed by atoms with van der Waals surface area (Å²) >= 11 is 0. The molecule has 0 fully saturated rings. The van der Waals surface area contributed by atoms with E-state index >= 15 is 0 Å². The zero-order valence-corrected chi connectivity index (χ0v) is 15.6. The van der Waals surface area contributed by atoms with Gasteiger partial charge in [0.05, 0.1) is 36.9 Å². The van der Waals surface area contributed by atoms with Gasteiger partial charge in [0.25, 0.3) is 5.91 Å². The highest BCUT2D eigenvalue weighted by atomic mass is 32.2. The SMILES string of the molecule is CS(=O)(=O)N(Cc1ccccc1)c1ccccc1C(=O)NCc1ccco1. The van der Waals surface area contributed by atoms with Crippen LogP contribution in [-0.4, -0.2) is 20.6 Å². The van der Waals surface area contributed by atoms with Gasteiger partial charge in [0.1, 0.15) is 5.76 Å². The molecule has 0 aliphatic carbocycles. The lowest BCUT2D eigenvalue weighted by Crippen LogP contribution is -2.32. The molecule has 1 heterocycles. The van der Waals surface area contributed by atoms with Crippen molar-refractivity contribution in [3.8, 4) is 0 Å². The second-order valence-corrected chi connectivity index (χ2v) is 7.94. The molecular weight excluding hydrogens is 364 g/mol. The van der Waals surface area contributed by atoms with Crippen molar-refractivity contribution >= 4 is 21.6 Å². The van der Waals surface area contributed by atoms with Crippen molar-refractivity contribution in [2.75, 3.05) is 10.6 Å². The van der Waals surface area contributed by atoms with Crippen molar-refractivity contribution in [3.05, 3.63) is 89.9 Å². The highest BCUT2D eigenvalue weighted by molar-refractivity contribution is 7.92. The molecule has 0 atom stereocenters. The third-order valence-electron chi connectivity index (χ3n) is 3.99. The van der Waals surface area contributed by atoms with Crippen LogP contribution in [0.15, 0.2) is 77.4 Å². The molecule has 3 rings (SSSR count). The maximum Gasteiger partial charge on any atom is 0.253 e. The molecule has 0 spiro atoms. The minimum Gasteiger partial charge on any atom is -0.467 e. The van der Waals surface area contributed by atoms with E-state index in [0.29, 0.717) is 11.4 Å². The molecule has 0 saturated heterocycles. The predicted molar refractivity (Wildman–Crippen MR) is 104 cm³/mol. The van der Waals surface area contributed by atoms with Crippen molar-refractivity contribution in [3.63, 3.8) is 0 Å². The Morgan fingerprint density at radius 2 is 1.70 bits per heavy atom. The Morgan fingerprint density at radius 3 is 2.37 bits per heavy atom. The fourth-order valence-corrected chi connectivity index (χ4v) is 3.59. The van der Waals surface area contributed by atoms with Crippen LogP contribution in [-0.2, 0) is 23.1 Å². The van der Waals surface area contributed by atoms with Gasteiger partial charge in [0, 0.05) is 0 Å². The minimum absolute atomic E-state index is 0.141. The highest BCUT2D eigenvalue weighted by Gasteiger charge is 2.23. The molecule has 2 aromatic carbocycles. The topological polar surface area (TPSA) is 79.6 Å².